The second-order valence-corrected chi connectivity index (χ2v) is 16.4. The number of hydrogen-bond donors (Lipinski definition) is 4. The third-order valence-electron chi connectivity index (χ3n) is 11.8. The van der Waals surface area contributed by atoms with E-state index >= 15 is 0 Å². The molecule has 4 bridgehead atoms. The summed E-state index contributed by atoms with van der Waals surface area (Å²) in [5.74, 6) is -0.980. The van der Waals surface area contributed by atoms with Crippen molar-refractivity contribution in [1.29, 1.82) is 0 Å². The van der Waals surface area contributed by atoms with Crippen LogP contribution < -0.4 is 29.6 Å². The first kappa shape index (κ1) is 39.5. The standard InChI is InChI=1S/C42H46N4O11S/c1-19-14-24-15-26-41(51)46-27-16-54-42(52)25(44-40(50)21(3)43-28(48)13-12-23-10-8-7-9-11-23)17-58-39(33(46)32(45(26)5)29(24)34(49)35(19)53-6)31-30(27)38-37(55-18-56-38)20(2)36(31)57-22(4)47/h7-14,21,25-27,32-33,39,41,49,51H,15-18H2,1-6H3,(H,43,48)(H,44,50)/b13-12+/t21?,25-,26-,27+,32+,33?,39+,41-/m0/s1. The minimum atomic E-state index is -1.16. The van der Waals surface area contributed by atoms with E-state index in [-0.39, 0.29) is 30.7 Å². The van der Waals surface area contributed by atoms with E-state index in [4.69, 9.17) is 23.7 Å². The molecule has 8 atom stereocenters. The molecule has 2 amide bonds. The van der Waals surface area contributed by atoms with Crippen molar-refractivity contribution < 1.29 is 53.1 Å². The van der Waals surface area contributed by atoms with Crippen LogP contribution in [0.2, 0.25) is 0 Å². The summed E-state index contributed by atoms with van der Waals surface area (Å²) in [5, 5.41) is 29.2. The van der Waals surface area contributed by atoms with Crippen molar-refractivity contribution in [2.45, 2.75) is 81.8 Å². The summed E-state index contributed by atoms with van der Waals surface area (Å²) in [7, 11) is 3.42. The number of rotatable bonds is 7. The number of phenolic OH excluding ortho intramolecular Hbond substituents is 1. The van der Waals surface area contributed by atoms with Crippen molar-refractivity contribution in [1.82, 2.24) is 20.4 Å². The Bertz CT molecular complexity index is 2220. The van der Waals surface area contributed by atoms with Gasteiger partial charge in [-0.2, -0.15) is 0 Å². The maximum Gasteiger partial charge on any atom is 0.329 e. The SMILES string of the molecule is COc1c(C)cc2c(c1O)[C@@H]1C3[C@@H]4SC[C@H](NC(=O)C(C)NC(=O)/C=C/c5ccccc5)C(=O)OC[C@H](c5c6c(c(C)c(OC(C)=O)c54)OCO6)N3[C@@H](O)[C@H](C2)N1C. The Labute approximate surface area is 339 Å². The molecule has 0 radical (unpaired) electrons. The highest BCUT2D eigenvalue weighted by atomic mass is 32.2. The molecule has 2 unspecified atom stereocenters. The van der Waals surface area contributed by atoms with Gasteiger partial charge >= 0.3 is 11.9 Å². The Morgan fingerprint density at radius 1 is 1.05 bits per heavy atom. The van der Waals surface area contributed by atoms with Crippen molar-refractivity contribution >= 4 is 41.6 Å². The third kappa shape index (κ3) is 6.61. The molecular weight excluding hydrogens is 769 g/mol. The number of carbonyl (C=O) groups is 4. The molecule has 15 nitrogen and oxygen atoms in total. The van der Waals surface area contributed by atoms with Gasteiger partial charge in [0.05, 0.1) is 30.5 Å². The van der Waals surface area contributed by atoms with Gasteiger partial charge in [-0.15, -0.1) is 11.8 Å². The van der Waals surface area contributed by atoms with E-state index in [0.29, 0.717) is 45.9 Å². The van der Waals surface area contributed by atoms with E-state index in [1.165, 1.54) is 38.8 Å². The zero-order valence-electron chi connectivity index (χ0n) is 32.9. The number of fused-ring (bicyclic) bond motifs is 10. The van der Waals surface area contributed by atoms with Gasteiger partial charge in [0.2, 0.25) is 18.6 Å². The molecule has 0 saturated carbocycles. The molecule has 6 aliphatic rings. The maximum absolute atomic E-state index is 14.0. The van der Waals surface area contributed by atoms with E-state index in [1.54, 1.807) is 13.0 Å². The minimum Gasteiger partial charge on any atom is -0.504 e. The number of thioether (sulfide) groups is 1. The number of esters is 2. The number of ether oxygens (including phenoxy) is 5. The number of phenols is 1. The van der Waals surface area contributed by atoms with Crippen molar-refractivity contribution in [3.63, 3.8) is 0 Å². The summed E-state index contributed by atoms with van der Waals surface area (Å²) in [4.78, 5) is 57.1. The van der Waals surface area contributed by atoms with Crippen LogP contribution in [-0.4, -0.2) is 107 Å². The molecule has 0 aromatic heterocycles. The summed E-state index contributed by atoms with van der Waals surface area (Å²) in [5.41, 5.74) is 4.79. The maximum atomic E-state index is 14.0. The number of nitrogens with one attached hydrogen (secondary N) is 2. The van der Waals surface area contributed by atoms with Crippen LogP contribution in [0, 0.1) is 13.8 Å². The summed E-state index contributed by atoms with van der Waals surface area (Å²) in [6.07, 6.45) is 2.29. The molecule has 2 fully saturated rings. The Morgan fingerprint density at radius 3 is 2.52 bits per heavy atom. The number of hydrogen-bond acceptors (Lipinski definition) is 14. The van der Waals surface area contributed by atoms with Gasteiger partial charge < -0.3 is 44.5 Å². The Balaban J connectivity index is 1.21. The number of carbonyl (C=O) groups excluding carboxylic acids is 4. The zero-order chi connectivity index (χ0) is 41.2. The highest BCUT2D eigenvalue weighted by Crippen LogP contribution is 2.63. The topological polar surface area (TPSA) is 185 Å². The van der Waals surface area contributed by atoms with Gasteiger partial charge in [0.15, 0.2) is 23.0 Å². The van der Waals surface area contributed by atoms with Gasteiger partial charge in [0.25, 0.3) is 0 Å². The molecule has 2 saturated heterocycles. The van der Waals surface area contributed by atoms with E-state index in [0.717, 1.165) is 16.7 Å². The number of benzene rings is 3. The molecule has 58 heavy (non-hydrogen) atoms. The van der Waals surface area contributed by atoms with Crippen molar-refractivity contribution in [2.75, 3.05) is 33.3 Å². The summed E-state index contributed by atoms with van der Waals surface area (Å²) in [6, 6.07) is 6.62. The highest BCUT2D eigenvalue weighted by Gasteiger charge is 2.60. The molecule has 9 rings (SSSR count). The van der Waals surface area contributed by atoms with Crippen LogP contribution in [0.4, 0.5) is 0 Å². The number of amides is 2. The number of aliphatic hydroxyl groups excluding tert-OH is 1. The van der Waals surface area contributed by atoms with Gasteiger partial charge in [-0.05, 0) is 57.0 Å². The third-order valence-corrected chi connectivity index (χ3v) is 13.2. The number of methoxy groups -OCH3 is 1. The quantitative estimate of drug-likeness (QED) is 0.155. The molecule has 6 aliphatic heterocycles. The molecule has 3 aromatic carbocycles. The molecule has 16 heteroatoms. The molecular formula is C42H46N4O11S. The van der Waals surface area contributed by atoms with Gasteiger partial charge in [-0.25, -0.2) is 4.79 Å². The number of aromatic hydroxyl groups is 1. The lowest BCUT2D eigenvalue weighted by Crippen LogP contribution is -2.69. The lowest BCUT2D eigenvalue weighted by molar-refractivity contribution is -0.184. The lowest BCUT2D eigenvalue weighted by Gasteiger charge is -2.62. The first-order chi connectivity index (χ1) is 27.8. The number of aliphatic hydroxyl groups is 1. The van der Waals surface area contributed by atoms with Crippen LogP contribution >= 0.6 is 11.8 Å². The average molecular weight is 815 g/mol. The van der Waals surface area contributed by atoms with E-state index in [9.17, 15) is 29.4 Å². The molecule has 3 aromatic rings. The van der Waals surface area contributed by atoms with E-state index < -0.39 is 71.5 Å². The van der Waals surface area contributed by atoms with Crippen LogP contribution in [0.25, 0.3) is 6.08 Å². The van der Waals surface area contributed by atoms with E-state index in [2.05, 4.69) is 15.5 Å². The van der Waals surface area contributed by atoms with Crippen molar-refractivity contribution in [2.24, 2.45) is 0 Å². The minimum absolute atomic E-state index is 0.00405. The van der Waals surface area contributed by atoms with Gasteiger partial charge in [-0.3, -0.25) is 24.2 Å². The summed E-state index contributed by atoms with van der Waals surface area (Å²) in [6.45, 7) is 6.10. The summed E-state index contributed by atoms with van der Waals surface area (Å²) < 4.78 is 29.8. The normalized spacial score (nSPS) is 26.5. The Hall–Kier alpha value is -5.29. The van der Waals surface area contributed by atoms with Crippen LogP contribution in [0.1, 0.15) is 70.1 Å². The monoisotopic (exact) mass is 814 g/mol. The predicted octanol–water partition coefficient (Wildman–Crippen LogP) is 3.36. The van der Waals surface area contributed by atoms with Gasteiger partial charge in [0, 0.05) is 47.0 Å². The van der Waals surface area contributed by atoms with E-state index in [1.807, 2.05) is 55.3 Å². The zero-order valence-corrected chi connectivity index (χ0v) is 33.8. The van der Waals surface area contributed by atoms with Gasteiger partial charge in [-0.1, -0.05) is 36.4 Å². The first-order valence-electron chi connectivity index (χ1n) is 19.1. The molecule has 0 spiro atoms. The first-order valence-corrected chi connectivity index (χ1v) is 20.2. The molecule has 6 heterocycles. The van der Waals surface area contributed by atoms with Gasteiger partial charge in [0.1, 0.15) is 30.7 Å². The fourth-order valence-corrected chi connectivity index (χ4v) is 10.7. The second-order valence-electron chi connectivity index (χ2n) is 15.3. The fourth-order valence-electron chi connectivity index (χ4n) is 9.24. The molecule has 4 N–H and O–H groups in total. The fraction of sp³-hybridized carbons (Fsp3) is 0.429. The summed E-state index contributed by atoms with van der Waals surface area (Å²) >= 11 is 1.31. The van der Waals surface area contributed by atoms with Crippen LogP contribution in [0.5, 0.6) is 28.7 Å². The Kier molecular flexibility index (Phi) is 10.5. The predicted molar refractivity (Wildman–Crippen MR) is 212 cm³/mol. The van der Waals surface area contributed by atoms with Crippen LogP contribution in [-0.2, 0) is 30.3 Å². The smallest absolute Gasteiger partial charge is 0.329 e. The molecule has 306 valence electrons. The van der Waals surface area contributed by atoms with Crippen LogP contribution in [0.15, 0.2) is 42.5 Å². The highest BCUT2D eigenvalue weighted by molar-refractivity contribution is 7.99. The number of piperazine rings is 1. The number of nitrogens with zero attached hydrogens (tertiary/aromatic N) is 2. The average Bonchev–Trinajstić information content (AvgIpc) is 3.69. The van der Waals surface area contributed by atoms with Crippen molar-refractivity contribution in [3.05, 3.63) is 81.4 Å². The number of likely N-dealkylation sites (N-methyl/N-ethyl adjacent to an activating group) is 1. The van der Waals surface area contributed by atoms with Crippen LogP contribution in [0.3, 0.4) is 0 Å². The lowest BCUT2D eigenvalue weighted by atomic mass is 9.73. The second kappa shape index (κ2) is 15.5. The number of aryl methyl sites for hydroxylation is 1. The molecule has 0 aliphatic carbocycles. The largest absolute Gasteiger partial charge is 0.504 e. The van der Waals surface area contributed by atoms with Crippen molar-refractivity contribution in [3.8, 4) is 28.7 Å². The Morgan fingerprint density at radius 2 is 1.79 bits per heavy atom.